The molecule has 2 unspecified atom stereocenters. The van der Waals surface area contributed by atoms with Gasteiger partial charge in [0.25, 0.3) is 0 Å². The fourth-order valence-corrected chi connectivity index (χ4v) is 6.15. The van der Waals surface area contributed by atoms with E-state index in [2.05, 4.69) is 17.3 Å². The third-order valence-electron chi connectivity index (χ3n) is 8.54. The molecule has 2 saturated heterocycles. The van der Waals surface area contributed by atoms with E-state index in [0.717, 1.165) is 62.7 Å². The minimum Gasteiger partial charge on any atom is -0.492 e. The van der Waals surface area contributed by atoms with Crippen LogP contribution in [0, 0.1) is 17.7 Å². The Bertz CT molecular complexity index is 1160. The normalized spacial score (nSPS) is 21.8. The van der Waals surface area contributed by atoms with Crippen LogP contribution in [0.4, 0.5) is 9.18 Å². The van der Waals surface area contributed by atoms with Crippen LogP contribution in [0.3, 0.4) is 0 Å². The molecule has 40 heavy (non-hydrogen) atoms. The quantitative estimate of drug-likeness (QED) is 0.474. The smallest absolute Gasteiger partial charge is 0.318 e. The maximum absolute atomic E-state index is 13.4. The van der Waals surface area contributed by atoms with E-state index in [0.29, 0.717) is 18.8 Å². The van der Waals surface area contributed by atoms with E-state index in [9.17, 15) is 18.8 Å². The second-order valence-electron chi connectivity index (χ2n) is 11.3. The summed E-state index contributed by atoms with van der Waals surface area (Å²) in [6, 6.07) is 13.8. The van der Waals surface area contributed by atoms with Crippen LogP contribution < -0.4 is 10.1 Å². The average Bonchev–Trinajstić information content (AvgIpc) is 3.22. The minimum atomic E-state index is -0.290. The predicted octanol–water partition coefficient (Wildman–Crippen LogP) is 4.19. The molecule has 1 aliphatic carbocycles. The van der Waals surface area contributed by atoms with E-state index in [1.54, 1.807) is 12.1 Å². The number of ether oxygens (including phenoxy) is 1. The van der Waals surface area contributed by atoms with Gasteiger partial charge < -0.3 is 19.9 Å². The lowest BCUT2D eigenvalue weighted by atomic mass is 9.81. The first-order valence-corrected chi connectivity index (χ1v) is 14.4. The van der Waals surface area contributed by atoms with Crippen molar-refractivity contribution < 1.29 is 23.5 Å². The molecule has 9 heteroatoms. The molecule has 0 bridgehead atoms. The highest BCUT2D eigenvalue weighted by atomic mass is 19.1. The number of nitrogens with zero attached hydrogens (tertiary/aromatic N) is 3. The fourth-order valence-electron chi connectivity index (χ4n) is 6.15. The fraction of sp³-hybridized carbons (Fsp3) is 0.516. The number of rotatable bonds is 9. The number of fused-ring (bicyclic) bond motifs is 1. The highest BCUT2D eigenvalue weighted by Crippen LogP contribution is 2.37. The summed E-state index contributed by atoms with van der Waals surface area (Å²) in [5, 5.41) is 3.05. The molecule has 0 radical (unpaired) electrons. The first-order chi connectivity index (χ1) is 19.4. The Kier molecular flexibility index (Phi) is 8.99. The van der Waals surface area contributed by atoms with Crippen LogP contribution in [0.1, 0.15) is 49.7 Å². The highest BCUT2D eigenvalue weighted by Gasteiger charge is 2.47. The van der Waals surface area contributed by atoms with Crippen LogP contribution in [0.5, 0.6) is 5.75 Å². The van der Waals surface area contributed by atoms with Gasteiger partial charge >= 0.3 is 6.03 Å². The van der Waals surface area contributed by atoms with Gasteiger partial charge in [-0.15, -0.1) is 0 Å². The molecular formula is C31H39FN4O4. The van der Waals surface area contributed by atoms with Crippen molar-refractivity contribution in [1.29, 1.82) is 0 Å². The number of urea groups is 1. The number of carbonyl (C=O) groups excluding carboxylic acids is 3. The van der Waals surface area contributed by atoms with Crippen molar-refractivity contribution >= 4 is 17.8 Å². The van der Waals surface area contributed by atoms with Gasteiger partial charge in [0.15, 0.2) is 0 Å². The second-order valence-corrected chi connectivity index (χ2v) is 11.3. The van der Waals surface area contributed by atoms with Crippen LogP contribution in [0.2, 0.25) is 0 Å². The number of amides is 4. The molecule has 4 amide bonds. The number of imide groups is 1. The van der Waals surface area contributed by atoms with Crippen LogP contribution in [0.25, 0.3) is 0 Å². The lowest BCUT2D eigenvalue weighted by Gasteiger charge is -2.37. The van der Waals surface area contributed by atoms with Crippen LogP contribution >= 0.6 is 0 Å². The van der Waals surface area contributed by atoms with Gasteiger partial charge in [0.05, 0.1) is 18.4 Å². The molecule has 2 heterocycles. The number of benzene rings is 2. The third-order valence-corrected chi connectivity index (χ3v) is 8.54. The standard InChI is InChI=1S/C31H39FN4O4/c1-34-16-14-25(15-17-34)36(21-23-6-10-24(32)11-7-23)31(39)33-20-22-8-12-26(13-9-22)40-19-18-35-29(37)27-4-2-3-5-28(27)30(35)38/h6-13,25,27-28H,2-5,14-21H2,1H3,(H,33,39). The van der Waals surface area contributed by atoms with E-state index < -0.39 is 0 Å². The van der Waals surface area contributed by atoms with E-state index in [-0.39, 0.29) is 54.7 Å². The largest absolute Gasteiger partial charge is 0.492 e. The van der Waals surface area contributed by atoms with Crippen molar-refractivity contribution in [2.45, 2.75) is 57.7 Å². The zero-order chi connectivity index (χ0) is 28.1. The summed E-state index contributed by atoms with van der Waals surface area (Å²) in [5.74, 6) is -0.00195. The summed E-state index contributed by atoms with van der Waals surface area (Å²) in [7, 11) is 2.09. The molecule has 214 valence electrons. The van der Waals surface area contributed by atoms with Crippen LogP contribution in [-0.2, 0) is 22.7 Å². The Morgan fingerprint density at radius 1 is 0.925 bits per heavy atom. The Labute approximate surface area is 235 Å². The summed E-state index contributed by atoms with van der Waals surface area (Å²) in [4.78, 5) is 44.1. The van der Waals surface area contributed by atoms with Crippen LogP contribution in [0.15, 0.2) is 48.5 Å². The zero-order valence-corrected chi connectivity index (χ0v) is 23.2. The summed E-state index contributed by atoms with van der Waals surface area (Å²) in [5.41, 5.74) is 1.83. The van der Waals surface area contributed by atoms with Gasteiger partial charge in [-0.05, 0) is 81.2 Å². The first kappa shape index (κ1) is 28.1. The Morgan fingerprint density at radius 2 is 1.52 bits per heavy atom. The Morgan fingerprint density at radius 3 is 2.15 bits per heavy atom. The topological polar surface area (TPSA) is 82.2 Å². The van der Waals surface area contributed by atoms with E-state index in [4.69, 9.17) is 4.74 Å². The average molecular weight is 551 g/mol. The maximum atomic E-state index is 13.4. The Balaban J connectivity index is 1.12. The predicted molar refractivity (Wildman–Crippen MR) is 149 cm³/mol. The molecule has 0 aromatic heterocycles. The van der Waals surface area contributed by atoms with Gasteiger partial charge in [0, 0.05) is 19.1 Å². The lowest BCUT2D eigenvalue weighted by molar-refractivity contribution is -0.140. The summed E-state index contributed by atoms with van der Waals surface area (Å²) in [6.07, 6.45) is 5.45. The maximum Gasteiger partial charge on any atom is 0.318 e. The van der Waals surface area contributed by atoms with Crippen molar-refractivity contribution in [3.05, 3.63) is 65.5 Å². The van der Waals surface area contributed by atoms with Crippen molar-refractivity contribution in [3.63, 3.8) is 0 Å². The minimum absolute atomic E-state index is 0.0434. The number of halogens is 1. The molecule has 3 aliphatic rings. The number of hydrogen-bond acceptors (Lipinski definition) is 5. The monoisotopic (exact) mass is 550 g/mol. The number of piperidine rings is 1. The number of carbonyl (C=O) groups is 3. The summed E-state index contributed by atoms with van der Waals surface area (Å²) in [6.45, 7) is 3.17. The molecule has 1 N–H and O–H groups in total. The van der Waals surface area contributed by atoms with Crippen molar-refractivity contribution in [2.75, 3.05) is 33.3 Å². The number of likely N-dealkylation sites (tertiary alicyclic amines) is 2. The van der Waals surface area contributed by atoms with Crippen molar-refractivity contribution in [2.24, 2.45) is 11.8 Å². The molecule has 3 fully saturated rings. The van der Waals surface area contributed by atoms with Gasteiger partial charge in [-0.3, -0.25) is 14.5 Å². The molecule has 0 spiro atoms. The molecule has 1 saturated carbocycles. The van der Waals surface area contributed by atoms with Gasteiger partial charge in [0.2, 0.25) is 11.8 Å². The van der Waals surface area contributed by atoms with Gasteiger partial charge in [-0.25, -0.2) is 9.18 Å². The SMILES string of the molecule is CN1CCC(N(Cc2ccc(F)cc2)C(=O)NCc2ccc(OCCN3C(=O)C4CCCCC4C3=O)cc2)CC1. The van der Waals surface area contributed by atoms with E-state index >= 15 is 0 Å². The van der Waals surface area contributed by atoms with Gasteiger partial charge in [0.1, 0.15) is 18.2 Å². The first-order valence-electron chi connectivity index (χ1n) is 14.4. The summed E-state index contributed by atoms with van der Waals surface area (Å²) < 4.78 is 19.2. The zero-order valence-electron chi connectivity index (χ0n) is 23.2. The van der Waals surface area contributed by atoms with Gasteiger partial charge in [-0.1, -0.05) is 37.1 Å². The Hall–Kier alpha value is -3.46. The summed E-state index contributed by atoms with van der Waals surface area (Å²) >= 11 is 0. The van der Waals surface area contributed by atoms with E-state index in [1.807, 2.05) is 29.2 Å². The lowest BCUT2D eigenvalue weighted by Crippen LogP contribution is -2.49. The molecule has 2 aromatic carbocycles. The molecular weight excluding hydrogens is 511 g/mol. The van der Waals surface area contributed by atoms with E-state index in [1.165, 1.54) is 17.0 Å². The number of nitrogens with one attached hydrogen (secondary N) is 1. The number of hydrogen-bond donors (Lipinski definition) is 1. The van der Waals surface area contributed by atoms with Crippen LogP contribution in [-0.4, -0.2) is 71.9 Å². The molecule has 2 aliphatic heterocycles. The van der Waals surface area contributed by atoms with Crippen molar-refractivity contribution in [1.82, 2.24) is 20.0 Å². The third kappa shape index (κ3) is 6.63. The highest BCUT2D eigenvalue weighted by molar-refractivity contribution is 6.05. The molecule has 8 nitrogen and oxygen atoms in total. The molecule has 2 atom stereocenters. The second kappa shape index (κ2) is 12.8. The van der Waals surface area contributed by atoms with Gasteiger partial charge in [-0.2, -0.15) is 0 Å². The van der Waals surface area contributed by atoms with Crippen molar-refractivity contribution in [3.8, 4) is 5.75 Å². The molecule has 2 aromatic rings. The molecule has 5 rings (SSSR count).